The molecule has 6 nitrogen and oxygen atoms in total. The lowest BCUT2D eigenvalue weighted by Crippen LogP contribution is -2.45. The summed E-state index contributed by atoms with van der Waals surface area (Å²) in [6, 6.07) is 7.32. The van der Waals surface area contributed by atoms with E-state index >= 15 is 0 Å². The first-order valence-electron chi connectivity index (χ1n) is 8.34. The molecule has 0 aliphatic heterocycles. The Morgan fingerprint density at radius 3 is 2.74 bits per heavy atom. The second-order valence-electron chi connectivity index (χ2n) is 6.65. The van der Waals surface area contributed by atoms with Crippen LogP contribution in [-0.2, 0) is 23.1 Å². The Hall–Kier alpha value is -3.13. The monoisotopic (exact) mass is 370 g/mol. The third-order valence-electron chi connectivity index (χ3n) is 5.17. The van der Waals surface area contributed by atoms with Crippen molar-refractivity contribution in [1.29, 1.82) is 0 Å². The molecule has 0 saturated carbocycles. The lowest BCUT2D eigenvalue weighted by molar-refractivity contribution is -0.135. The molecule has 8 heteroatoms. The van der Waals surface area contributed by atoms with Crippen LogP contribution >= 0.6 is 0 Å². The zero-order valence-corrected chi connectivity index (χ0v) is 14.4. The molecular weight excluding hydrogens is 354 g/mol. The van der Waals surface area contributed by atoms with Gasteiger partial charge in [0.1, 0.15) is 11.6 Å². The number of fused-ring (bicyclic) bond motifs is 1. The summed E-state index contributed by atoms with van der Waals surface area (Å²) in [5.74, 6) is -1.10. The van der Waals surface area contributed by atoms with Crippen molar-refractivity contribution in [3.63, 3.8) is 0 Å². The number of benzene rings is 1. The van der Waals surface area contributed by atoms with E-state index in [0.29, 0.717) is 22.6 Å². The van der Waals surface area contributed by atoms with Crippen molar-refractivity contribution in [3.8, 4) is 5.82 Å². The summed E-state index contributed by atoms with van der Waals surface area (Å²) in [6.45, 7) is 1.61. The minimum absolute atomic E-state index is 0.193. The Labute approximate surface area is 153 Å². The van der Waals surface area contributed by atoms with Crippen molar-refractivity contribution in [2.24, 2.45) is 0 Å². The van der Waals surface area contributed by atoms with Crippen LogP contribution in [0.4, 0.5) is 8.78 Å². The highest BCUT2D eigenvalue weighted by molar-refractivity contribution is 5.89. The van der Waals surface area contributed by atoms with Crippen molar-refractivity contribution in [3.05, 3.63) is 76.7 Å². The maximum Gasteiger partial charge on any atom is 0.254 e. The predicted molar refractivity (Wildman–Crippen MR) is 91.5 cm³/mol. The summed E-state index contributed by atoms with van der Waals surface area (Å²) in [6.07, 6.45) is 3.14. The number of hydrogen-bond acceptors (Lipinski definition) is 4. The average molecular weight is 370 g/mol. The SMILES string of the molecule is Cc1c(F)cccc1C1(C(=O)NO)Cc2cnn(-c3ccc(F)cn3)c2C1. The minimum atomic E-state index is -1.17. The molecule has 0 spiro atoms. The van der Waals surface area contributed by atoms with E-state index in [1.54, 1.807) is 30.7 Å². The van der Waals surface area contributed by atoms with Crippen LogP contribution in [0.25, 0.3) is 5.82 Å². The Bertz CT molecular complexity index is 1030. The Morgan fingerprint density at radius 1 is 1.22 bits per heavy atom. The van der Waals surface area contributed by atoms with E-state index in [2.05, 4.69) is 10.1 Å². The van der Waals surface area contributed by atoms with Crippen LogP contribution in [-0.4, -0.2) is 25.9 Å². The summed E-state index contributed by atoms with van der Waals surface area (Å²) >= 11 is 0. The Morgan fingerprint density at radius 2 is 2.04 bits per heavy atom. The molecule has 0 radical (unpaired) electrons. The first-order valence-corrected chi connectivity index (χ1v) is 8.34. The number of aromatic nitrogens is 3. The number of nitrogens with one attached hydrogen (secondary N) is 1. The predicted octanol–water partition coefficient (Wildman–Crippen LogP) is 2.40. The van der Waals surface area contributed by atoms with Crippen LogP contribution in [0, 0.1) is 18.6 Å². The molecule has 1 amide bonds. The van der Waals surface area contributed by atoms with Gasteiger partial charge in [-0.2, -0.15) is 5.10 Å². The molecule has 0 saturated heterocycles. The Balaban J connectivity index is 1.83. The summed E-state index contributed by atoms with van der Waals surface area (Å²) < 4.78 is 28.9. The second kappa shape index (κ2) is 6.24. The smallest absolute Gasteiger partial charge is 0.254 e. The molecule has 0 bridgehead atoms. The zero-order chi connectivity index (χ0) is 19.2. The van der Waals surface area contributed by atoms with Crippen LogP contribution in [0.3, 0.4) is 0 Å². The second-order valence-corrected chi connectivity index (χ2v) is 6.65. The van der Waals surface area contributed by atoms with Gasteiger partial charge in [0.05, 0.1) is 23.5 Å². The number of nitrogens with zero attached hydrogens (tertiary/aromatic N) is 3. The number of amides is 1. The lowest BCUT2D eigenvalue weighted by atomic mass is 9.75. The quantitative estimate of drug-likeness (QED) is 0.548. The number of rotatable bonds is 3. The summed E-state index contributed by atoms with van der Waals surface area (Å²) in [5, 5.41) is 13.6. The van der Waals surface area contributed by atoms with Crippen LogP contribution in [0.1, 0.15) is 22.4 Å². The molecule has 1 unspecified atom stereocenters. The van der Waals surface area contributed by atoms with Crippen molar-refractivity contribution in [1.82, 2.24) is 20.2 Å². The van der Waals surface area contributed by atoms with Gasteiger partial charge in [-0.15, -0.1) is 0 Å². The molecule has 1 aromatic carbocycles. The van der Waals surface area contributed by atoms with E-state index in [-0.39, 0.29) is 12.8 Å². The van der Waals surface area contributed by atoms with Crippen LogP contribution < -0.4 is 5.48 Å². The molecule has 4 rings (SSSR count). The van der Waals surface area contributed by atoms with E-state index in [0.717, 1.165) is 11.8 Å². The molecular formula is C19H16F2N4O2. The molecule has 2 heterocycles. The highest BCUT2D eigenvalue weighted by atomic mass is 19.1. The molecule has 3 aromatic rings. The van der Waals surface area contributed by atoms with Gasteiger partial charge in [-0.1, -0.05) is 12.1 Å². The summed E-state index contributed by atoms with van der Waals surface area (Å²) in [4.78, 5) is 16.7. The average Bonchev–Trinajstić information content (AvgIpc) is 3.22. The third kappa shape index (κ3) is 2.60. The van der Waals surface area contributed by atoms with E-state index in [1.807, 2.05) is 0 Å². The minimum Gasteiger partial charge on any atom is -0.289 e. The molecule has 2 aromatic heterocycles. The Kier molecular flexibility index (Phi) is 4.00. The van der Waals surface area contributed by atoms with Gasteiger partial charge >= 0.3 is 0 Å². The van der Waals surface area contributed by atoms with E-state index in [4.69, 9.17) is 0 Å². The fourth-order valence-electron chi connectivity index (χ4n) is 3.81. The van der Waals surface area contributed by atoms with Crippen molar-refractivity contribution >= 4 is 5.91 Å². The van der Waals surface area contributed by atoms with Gasteiger partial charge < -0.3 is 0 Å². The highest BCUT2D eigenvalue weighted by Gasteiger charge is 2.48. The lowest BCUT2D eigenvalue weighted by Gasteiger charge is -2.29. The van der Waals surface area contributed by atoms with E-state index in [1.165, 1.54) is 22.9 Å². The summed E-state index contributed by atoms with van der Waals surface area (Å²) in [7, 11) is 0. The van der Waals surface area contributed by atoms with Crippen molar-refractivity contribution in [2.75, 3.05) is 0 Å². The molecule has 138 valence electrons. The van der Waals surface area contributed by atoms with Gasteiger partial charge in [-0.25, -0.2) is 23.9 Å². The molecule has 27 heavy (non-hydrogen) atoms. The van der Waals surface area contributed by atoms with Crippen LogP contribution in [0.2, 0.25) is 0 Å². The van der Waals surface area contributed by atoms with Gasteiger partial charge in [0, 0.05) is 6.42 Å². The van der Waals surface area contributed by atoms with Crippen LogP contribution in [0.5, 0.6) is 0 Å². The number of hydroxylamine groups is 1. The van der Waals surface area contributed by atoms with Gasteiger partial charge in [-0.3, -0.25) is 10.0 Å². The van der Waals surface area contributed by atoms with Gasteiger partial charge in [0.25, 0.3) is 5.91 Å². The van der Waals surface area contributed by atoms with E-state index < -0.39 is 23.0 Å². The van der Waals surface area contributed by atoms with E-state index in [9.17, 15) is 18.8 Å². The highest BCUT2D eigenvalue weighted by Crippen LogP contribution is 2.42. The van der Waals surface area contributed by atoms with Gasteiger partial charge in [0.2, 0.25) is 0 Å². The van der Waals surface area contributed by atoms with Crippen LogP contribution in [0.15, 0.2) is 42.7 Å². The number of halogens is 2. The molecule has 0 fully saturated rings. The normalized spacial score (nSPS) is 18.4. The van der Waals surface area contributed by atoms with Gasteiger partial charge in [-0.05, 0) is 48.2 Å². The molecule has 1 aliphatic rings. The number of carbonyl (C=O) groups excluding carboxylic acids is 1. The summed E-state index contributed by atoms with van der Waals surface area (Å²) in [5.41, 5.74) is 2.91. The first-order chi connectivity index (χ1) is 13.0. The zero-order valence-electron chi connectivity index (χ0n) is 14.4. The number of pyridine rings is 1. The maximum absolute atomic E-state index is 14.1. The third-order valence-corrected chi connectivity index (χ3v) is 5.17. The molecule has 1 atom stereocenters. The largest absolute Gasteiger partial charge is 0.289 e. The van der Waals surface area contributed by atoms with Crippen molar-refractivity contribution < 1.29 is 18.8 Å². The maximum atomic E-state index is 14.1. The fourth-order valence-corrected chi connectivity index (χ4v) is 3.81. The number of carbonyl (C=O) groups is 1. The van der Waals surface area contributed by atoms with Crippen molar-refractivity contribution in [2.45, 2.75) is 25.2 Å². The molecule has 2 N–H and O–H groups in total. The fraction of sp³-hybridized carbons (Fsp3) is 0.211. The molecule has 1 aliphatic carbocycles. The standard InChI is InChI=1S/C19H16F2N4O2/c1-11-14(3-2-4-15(11)21)19(18(26)24-27)7-12-9-23-25(16(12)8-19)17-6-5-13(20)10-22-17/h2-6,9-10,27H,7-8H2,1H3,(H,24,26). The topological polar surface area (TPSA) is 80.0 Å². The first kappa shape index (κ1) is 17.3. The number of hydrogen-bond donors (Lipinski definition) is 2. The van der Waals surface area contributed by atoms with Gasteiger partial charge in [0.15, 0.2) is 5.82 Å².